The summed E-state index contributed by atoms with van der Waals surface area (Å²) in [5.74, 6) is 1.09. The van der Waals surface area contributed by atoms with Crippen LogP contribution in [0, 0.1) is 11.8 Å². The summed E-state index contributed by atoms with van der Waals surface area (Å²) in [6.45, 7) is 2.24. The SMILES string of the molecule is O=C(C1CCC(CO)CC1)N1CCCCCC1. The molecule has 1 heterocycles. The minimum Gasteiger partial charge on any atom is -0.396 e. The van der Waals surface area contributed by atoms with E-state index in [4.69, 9.17) is 5.11 Å². The van der Waals surface area contributed by atoms with Gasteiger partial charge >= 0.3 is 0 Å². The van der Waals surface area contributed by atoms with Crippen LogP contribution in [0.3, 0.4) is 0 Å². The summed E-state index contributed by atoms with van der Waals surface area (Å²) in [6, 6.07) is 0. The van der Waals surface area contributed by atoms with Gasteiger partial charge in [-0.1, -0.05) is 12.8 Å². The van der Waals surface area contributed by atoms with Gasteiger partial charge in [-0.3, -0.25) is 4.79 Å². The first-order valence-corrected chi connectivity index (χ1v) is 7.21. The number of rotatable bonds is 2. The van der Waals surface area contributed by atoms with Crippen LogP contribution in [0.5, 0.6) is 0 Å². The minimum atomic E-state index is 0.246. The van der Waals surface area contributed by atoms with E-state index in [1.807, 2.05) is 0 Å². The molecule has 2 fully saturated rings. The standard InChI is InChI=1S/C14H25NO2/c16-11-12-5-7-13(8-6-12)14(17)15-9-3-1-2-4-10-15/h12-13,16H,1-11H2. The quantitative estimate of drug-likeness (QED) is 0.802. The van der Waals surface area contributed by atoms with Crippen molar-refractivity contribution in [2.45, 2.75) is 51.4 Å². The highest BCUT2D eigenvalue weighted by molar-refractivity contribution is 5.78. The smallest absolute Gasteiger partial charge is 0.225 e. The van der Waals surface area contributed by atoms with Crippen LogP contribution in [0.25, 0.3) is 0 Å². The summed E-state index contributed by atoms with van der Waals surface area (Å²) in [7, 11) is 0. The number of carbonyl (C=O) groups excluding carboxylic acids is 1. The van der Waals surface area contributed by atoms with E-state index in [2.05, 4.69) is 4.90 Å². The van der Waals surface area contributed by atoms with Crippen molar-refractivity contribution in [1.29, 1.82) is 0 Å². The van der Waals surface area contributed by atoms with Crippen LogP contribution < -0.4 is 0 Å². The molecule has 98 valence electrons. The van der Waals surface area contributed by atoms with Gasteiger partial charge in [0.1, 0.15) is 0 Å². The zero-order chi connectivity index (χ0) is 12.1. The fraction of sp³-hybridized carbons (Fsp3) is 0.929. The Kier molecular flexibility index (Phi) is 4.84. The molecule has 3 nitrogen and oxygen atoms in total. The molecule has 0 aromatic rings. The molecule has 2 aliphatic rings. The van der Waals surface area contributed by atoms with Gasteiger partial charge in [-0.15, -0.1) is 0 Å². The molecular formula is C14H25NO2. The molecule has 0 unspecified atom stereocenters. The highest BCUT2D eigenvalue weighted by Crippen LogP contribution is 2.30. The Morgan fingerprint density at radius 1 is 1.00 bits per heavy atom. The highest BCUT2D eigenvalue weighted by Gasteiger charge is 2.29. The van der Waals surface area contributed by atoms with E-state index in [1.165, 1.54) is 25.7 Å². The fourth-order valence-corrected chi connectivity index (χ4v) is 3.14. The highest BCUT2D eigenvalue weighted by atomic mass is 16.3. The third-order valence-corrected chi connectivity index (χ3v) is 4.37. The van der Waals surface area contributed by atoms with Crippen molar-refractivity contribution in [3.63, 3.8) is 0 Å². The summed E-state index contributed by atoms with van der Waals surface area (Å²) in [5.41, 5.74) is 0. The van der Waals surface area contributed by atoms with E-state index in [-0.39, 0.29) is 5.92 Å². The first-order chi connectivity index (χ1) is 8.31. The van der Waals surface area contributed by atoms with Crippen LogP contribution in [0.4, 0.5) is 0 Å². The third kappa shape index (κ3) is 3.44. The molecule has 1 aliphatic heterocycles. The molecule has 0 spiro atoms. The predicted molar refractivity (Wildman–Crippen MR) is 67.6 cm³/mol. The maximum atomic E-state index is 12.4. The molecular weight excluding hydrogens is 214 g/mol. The van der Waals surface area contributed by atoms with Gasteiger partial charge in [-0.05, 0) is 44.4 Å². The van der Waals surface area contributed by atoms with Gasteiger partial charge in [0.25, 0.3) is 0 Å². The molecule has 2 rings (SSSR count). The largest absolute Gasteiger partial charge is 0.396 e. The molecule has 1 amide bonds. The lowest BCUT2D eigenvalue weighted by Gasteiger charge is -2.31. The number of nitrogens with zero attached hydrogens (tertiary/aromatic N) is 1. The second kappa shape index (κ2) is 6.39. The van der Waals surface area contributed by atoms with Crippen LogP contribution in [-0.4, -0.2) is 35.6 Å². The topological polar surface area (TPSA) is 40.5 Å². The number of aliphatic hydroxyl groups is 1. The van der Waals surface area contributed by atoms with E-state index in [1.54, 1.807) is 0 Å². The second-order valence-corrected chi connectivity index (χ2v) is 5.64. The molecule has 1 saturated carbocycles. The van der Waals surface area contributed by atoms with E-state index in [9.17, 15) is 4.79 Å². The number of amides is 1. The lowest BCUT2D eigenvalue weighted by atomic mass is 9.81. The Bertz CT molecular complexity index is 239. The zero-order valence-electron chi connectivity index (χ0n) is 10.7. The summed E-state index contributed by atoms with van der Waals surface area (Å²) >= 11 is 0. The Hall–Kier alpha value is -0.570. The van der Waals surface area contributed by atoms with Crippen LogP contribution >= 0.6 is 0 Å². The minimum absolute atomic E-state index is 0.246. The predicted octanol–water partition coefficient (Wildman–Crippen LogP) is 2.19. The molecule has 1 saturated heterocycles. The summed E-state index contributed by atoms with van der Waals surface area (Å²) in [6.07, 6.45) is 8.94. The number of aliphatic hydroxyl groups excluding tert-OH is 1. The van der Waals surface area contributed by atoms with Gasteiger partial charge in [-0.25, -0.2) is 0 Å². The van der Waals surface area contributed by atoms with Crippen LogP contribution in [0.2, 0.25) is 0 Å². The molecule has 1 N–H and O–H groups in total. The number of carbonyl (C=O) groups is 1. The van der Waals surface area contributed by atoms with Gasteiger partial charge in [0, 0.05) is 25.6 Å². The van der Waals surface area contributed by atoms with E-state index < -0.39 is 0 Å². The van der Waals surface area contributed by atoms with Crippen molar-refractivity contribution in [2.75, 3.05) is 19.7 Å². The number of likely N-dealkylation sites (tertiary alicyclic amines) is 1. The Labute approximate surface area is 104 Å². The molecule has 0 aromatic carbocycles. The maximum Gasteiger partial charge on any atom is 0.225 e. The molecule has 0 aromatic heterocycles. The van der Waals surface area contributed by atoms with Crippen LogP contribution in [0.15, 0.2) is 0 Å². The zero-order valence-corrected chi connectivity index (χ0v) is 10.7. The first-order valence-electron chi connectivity index (χ1n) is 7.21. The van der Waals surface area contributed by atoms with Gasteiger partial charge in [-0.2, -0.15) is 0 Å². The molecule has 3 heteroatoms. The summed E-state index contributed by atoms with van der Waals surface area (Å²) in [5, 5.41) is 9.11. The third-order valence-electron chi connectivity index (χ3n) is 4.37. The van der Waals surface area contributed by atoms with Gasteiger partial charge in [0.15, 0.2) is 0 Å². The average Bonchev–Trinajstić information content (AvgIpc) is 2.67. The van der Waals surface area contributed by atoms with Crippen LogP contribution in [-0.2, 0) is 4.79 Å². The average molecular weight is 239 g/mol. The van der Waals surface area contributed by atoms with Crippen LogP contribution in [0.1, 0.15) is 51.4 Å². The van der Waals surface area contributed by atoms with Gasteiger partial charge < -0.3 is 10.0 Å². The van der Waals surface area contributed by atoms with Crippen molar-refractivity contribution in [2.24, 2.45) is 11.8 Å². The second-order valence-electron chi connectivity index (χ2n) is 5.64. The molecule has 1 aliphatic carbocycles. The van der Waals surface area contributed by atoms with E-state index in [0.29, 0.717) is 18.4 Å². The van der Waals surface area contributed by atoms with Crippen molar-refractivity contribution in [3.05, 3.63) is 0 Å². The Morgan fingerprint density at radius 3 is 2.12 bits per heavy atom. The Balaban J connectivity index is 1.82. The van der Waals surface area contributed by atoms with Crippen molar-refractivity contribution >= 4 is 5.91 Å². The molecule has 0 bridgehead atoms. The lowest BCUT2D eigenvalue weighted by Crippen LogP contribution is -2.38. The van der Waals surface area contributed by atoms with Crippen molar-refractivity contribution in [1.82, 2.24) is 4.90 Å². The van der Waals surface area contributed by atoms with Gasteiger partial charge in [0.05, 0.1) is 0 Å². The molecule has 17 heavy (non-hydrogen) atoms. The monoisotopic (exact) mass is 239 g/mol. The summed E-state index contributed by atoms with van der Waals surface area (Å²) < 4.78 is 0. The number of hydrogen-bond acceptors (Lipinski definition) is 2. The van der Waals surface area contributed by atoms with Crippen molar-refractivity contribution in [3.8, 4) is 0 Å². The van der Waals surface area contributed by atoms with E-state index >= 15 is 0 Å². The summed E-state index contributed by atoms with van der Waals surface area (Å²) in [4.78, 5) is 14.5. The first kappa shape index (κ1) is 12.9. The maximum absolute atomic E-state index is 12.4. The molecule has 0 radical (unpaired) electrons. The molecule has 0 atom stereocenters. The fourth-order valence-electron chi connectivity index (χ4n) is 3.14. The lowest BCUT2D eigenvalue weighted by molar-refractivity contribution is -0.136. The number of hydrogen-bond donors (Lipinski definition) is 1. The Morgan fingerprint density at radius 2 is 1.59 bits per heavy atom. The van der Waals surface area contributed by atoms with Crippen molar-refractivity contribution < 1.29 is 9.90 Å². The van der Waals surface area contributed by atoms with Gasteiger partial charge in [0.2, 0.25) is 5.91 Å². The normalized spacial score (nSPS) is 31.0. The van der Waals surface area contributed by atoms with E-state index in [0.717, 1.165) is 38.8 Å².